The van der Waals surface area contributed by atoms with Crippen LogP contribution in [0, 0.1) is 0 Å². The van der Waals surface area contributed by atoms with Crippen LogP contribution in [0.2, 0.25) is 0 Å². The van der Waals surface area contributed by atoms with Gasteiger partial charge >= 0.3 is 0 Å². The molecule has 0 radical (unpaired) electrons. The standard InChI is InChI=1S/C56H44N10/c1-55(2,3)45-27-47(65(37-23-33-11-7-19-57-51(33)61-29-37)38-24-34-12-8-20-58-52(34)62-30-38)43-18-16-42-46(56(4,5)6)28-48(44-17-15-41(45)49(43)50(42)44)66(39-25-35-13-9-21-59-53(35)63-31-39)40-26-36-14-10-22-60-54(36)64-32-40/h7-32H,1-6H3. The number of benzene rings is 4. The van der Waals surface area contributed by atoms with Crippen LogP contribution in [0.3, 0.4) is 0 Å². The SMILES string of the molecule is CC(C)(C)c1cc(N(c2cnc3ncccc3c2)c2cnc3ncccc3c2)c2ccc3c(C(C)(C)C)cc(N(c4cnc5ncccc5c4)c4cnc5ncccc5c4)c4ccc1c2c43. The number of rotatable bonds is 6. The molecule has 12 rings (SSSR count). The van der Waals surface area contributed by atoms with Crippen molar-refractivity contribution in [2.75, 3.05) is 9.80 Å². The molecule has 0 saturated heterocycles. The summed E-state index contributed by atoms with van der Waals surface area (Å²) in [4.78, 5) is 42.5. The summed E-state index contributed by atoms with van der Waals surface area (Å²) in [5.41, 5.74) is 10.4. The Morgan fingerprint density at radius 2 is 0.621 bits per heavy atom. The summed E-state index contributed by atoms with van der Waals surface area (Å²) in [6.45, 7) is 13.8. The van der Waals surface area contributed by atoms with E-state index in [1.807, 2.05) is 49.1 Å². The van der Waals surface area contributed by atoms with Crippen LogP contribution in [-0.2, 0) is 10.8 Å². The van der Waals surface area contributed by atoms with Crippen LogP contribution >= 0.6 is 0 Å². The monoisotopic (exact) mass is 856 g/mol. The van der Waals surface area contributed by atoms with Gasteiger partial charge in [-0.25, -0.2) is 39.9 Å². The molecule has 318 valence electrons. The smallest absolute Gasteiger partial charge is 0.159 e. The number of aromatic nitrogens is 8. The van der Waals surface area contributed by atoms with Gasteiger partial charge in [-0.2, -0.15) is 0 Å². The summed E-state index contributed by atoms with van der Waals surface area (Å²) in [5.74, 6) is 0. The molecule has 0 atom stereocenters. The average molecular weight is 857 g/mol. The van der Waals surface area contributed by atoms with Gasteiger partial charge in [0.1, 0.15) is 0 Å². The molecule has 0 amide bonds. The van der Waals surface area contributed by atoms with Crippen LogP contribution in [0.5, 0.6) is 0 Å². The van der Waals surface area contributed by atoms with E-state index < -0.39 is 0 Å². The van der Waals surface area contributed by atoms with E-state index in [-0.39, 0.29) is 10.8 Å². The molecule has 0 unspecified atom stereocenters. The number of pyridine rings is 8. The Hall–Kier alpha value is -8.24. The summed E-state index contributed by atoms with van der Waals surface area (Å²) < 4.78 is 0. The fourth-order valence-corrected chi connectivity index (χ4v) is 9.73. The molecule has 0 aliphatic carbocycles. The van der Waals surface area contributed by atoms with E-state index in [0.29, 0.717) is 22.6 Å². The molecule has 4 aromatic carbocycles. The lowest BCUT2D eigenvalue weighted by Crippen LogP contribution is -2.18. The van der Waals surface area contributed by atoms with E-state index in [1.54, 1.807) is 24.8 Å². The van der Waals surface area contributed by atoms with Crippen molar-refractivity contribution in [1.29, 1.82) is 0 Å². The Labute approximate surface area is 381 Å². The minimum Gasteiger partial charge on any atom is -0.307 e. The molecule has 0 spiro atoms. The maximum absolute atomic E-state index is 4.90. The topological polar surface area (TPSA) is 110 Å². The predicted octanol–water partition coefficient (Wildman–Crippen LogP) is 13.9. The molecule has 0 saturated carbocycles. The number of hydrogen-bond acceptors (Lipinski definition) is 10. The Morgan fingerprint density at radius 3 is 0.909 bits per heavy atom. The molecule has 0 N–H and O–H groups in total. The Morgan fingerprint density at radius 1 is 0.333 bits per heavy atom. The molecular formula is C56H44N10. The molecule has 12 aromatic rings. The van der Waals surface area contributed by atoms with Gasteiger partial charge in [0.2, 0.25) is 0 Å². The van der Waals surface area contributed by atoms with E-state index in [4.69, 9.17) is 19.9 Å². The summed E-state index contributed by atoms with van der Waals surface area (Å²) in [6.07, 6.45) is 14.8. The first-order chi connectivity index (χ1) is 32.0. The van der Waals surface area contributed by atoms with Crippen LogP contribution in [0.15, 0.2) is 159 Å². The van der Waals surface area contributed by atoms with Gasteiger partial charge in [-0.1, -0.05) is 65.8 Å². The lowest BCUT2D eigenvalue weighted by atomic mass is 9.77. The normalized spacial score (nSPS) is 12.4. The van der Waals surface area contributed by atoms with E-state index >= 15 is 0 Å². The van der Waals surface area contributed by atoms with E-state index in [0.717, 1.165) is 66.4 Å². The van der Waals surface area contributed by atoms with Gasteiger partial charge < -0.3 is 9.80 Å². The van der Waals surface area contributed by atoms with Crippen LogP contribution < -0.4 is 9.80 Å². The molecule has 8 heterocycles. The van der Waals surface area contributed by atoms with Crippen molar-refractivity contribution in [3.63, 3.8) is 0 Å². The predicted molar refractivity (Wildman–Crippen MR) is 269 cm³/mol. The summed E-state index contributed by atoms with van der Waals surface area (Å²) in [7, 11) is 0. The van der Waals surface area contributed by atoms with Crippen molar-refractivity contribution in [2.24, 2.45) is 0 Å². The number of nitrogens with zero attached hydrogens (tertiary/aromatic N) is 10. The highest BCUT2D eigenvalue weighted by atomic mass is 15.2. The van der Waals surface area contributed by atoms with Gasteiger partial charge in [-0.15, -0.1) is 0 Å². The largest absolute Gasteiger partial charge is 0.307 e. The number of fused-ring (bicyclic) bond motifs is 4. The zero-order valence-electron chi connectivity index (χ0n) is 37.5. The second kappa shape index (κ2) is 14.6. The molecule has 0 aliphatic rings. The third-order valence-electron chi connectivity index (χ3n) is 12.7. The van der Waals surface area contributed by atoms with Crippen molar-refractivity contribution < 1.29 is 0 Å². The van der Waals surface area contributed by atoms with Gasteiger partial charge in [0.25, 0.3) is 0 Å². The highest BCUT2D eigenvalue weighted by Crippen LogP contribution is 2.52. The Kier molecular flexibility index (Phi) is 8.74. The minimum atomic E-state index is -0.239. The molecule has 0 bridgehead atoms. The molecule has 0 aliphatic heterocycles. The maximum atomic E-state index is 4.90. The third-order valence-corrected chi connectivity index (χ3v) is 12.7. The molecular weight excluding hydrogens is 813 g/mol. The van der Waals surface area contributed by atoms with Crippen molar-refractivity contribution in [3.05, 3.63) is 170 Å². The highest BCUT2D eigenvalue weighted by molar-refractivity contribution is 6.29. The lowest BCUT2D eigenvalue weighted by Gasteiger charge is -2.33. The average Bonchev–Trinajstić information content (AvgIpc) is 3.33. The number of anilines is 6. The number of hydrogen-bond donors (Lipinski definition) is 0. The molecule has 10 nitrogen and oxygen atoms in total. The highest BCUT2D eigenvalue weighted by Gasteiger charge is 2.30. The van der Waals surface area contributed by atoms with Crippen LogP contribution in [0.25, 0.3) is 76.5 Å². The fraction of sp³-hybridized carbons (Fsp3) is 0.143. The second-order valence-corrected chi connectivity index (χ2v) is 19.1. The van der Waals surface area contributed by atoms with E-state index in [2.05, 4.69) is 156 Å². The van der Waals surface area contributed by atoms with Gasteiger partial charge in [0, 0.05) is 57.1 Å². The van der Waals surface area contributed by atoms with E-state index in [1.165, 1.54) is 32.7 Å². The minimum absolute atomic E-state index is 0.239. The van der Waals surface area contributed by atoms with Gasteiger partial charge in [-0.05, 0) is 128 Å². The summed E-state index contributed by atoms with van der Waals surface area (Å²) >= 11 is 0. The fourth-order valence-electron chi connectivity index (χ4n) is 9.73. The molecule has 66 heavy (non-hydrogen) atoms. The first kappa shape index (κ1) is 39.4. The van der Waals surface area contributed by atoms with Crippen molar-refractivity contribution in [3.8, 4) is 0 Å². The molecule has 8 aromatic heterocycles. The summed E-state index contributed by atoms with van der Waals surface area (Å²) in [6, 6.07) is 38.8. The third kappa shape index (κ3) is 6.39. The van der Waals surface area contributed by atoms with Crippen LogP contribution in [0.1, 0.15) is 52.7 Å². The van der Waals surface area contributed by atoms with Gasteiger partial charge in [0.15, 0.2) is 22.6 Å². The van der Waals surface area contributed by atoms with E-state index in [9.17, 15) is 0 Å². The zero-order chi connectivity index (χ0) is 44.9. The first-order valence-corrected chi connectivity index (χ1v) is 22.2. The van der Waals surface area contributed by atoms with Crippen molar-refractivity contribution >= 4 is 111 Å². The molecule has 10 heteroatoms. The lowest BCUT2D eigenvalue weighted by molar-refractivity contribution is 0.595. The zero-order valence-corrected chi connectivity index (χ0v) is 37.5. The van der Waals surface area contributed by atoms with Crippen molar-refractivity contribution in [1.82, 2.24) is 39.9 Å². The quantitative estimate of drug-likeness (QED) is 0.150. The Balaban J connectivity index is 1.21. The van der Waals surface area contributed by atoms with Crippen LogP contribution in [-0.4, -0.2) is 39.9 Å². The van der Waals surface area contributed by atoms with Gasteiger partial charge in [0.05, 0.1) is 58.9 Å². The second-order valence-electron chi connectivity index (χ2n) is 19.1. The van der Waals surface area contributed by atoms with Crippen LogP contribution in [0.4, 0.5) is 34.1 Å². The summed E-state index contributed by atoms with van der Waals surface area (Å²) in [5, 5.41) is 10.8. The van der Waals surface area contributed by atoms with Crippen molar-refractivity contribution in [2.45, 2.75) is 52.4 Å². The Bertz CT molecular complexity index is 3480. The van der Waals surface area contributed by atoms with Gasteiger partial charge in [-0.3, -0.25) is 0 Å². The maximum Gasteiger partial charge on any atom is 0.159 e. The first-order valence-electron chi connectivity index (χ1n) is 22.2. The molecule has 0 fully saturated rings.